The molecule has 90 valence electrons. The Morgan fingerprint density at radius 3 is 2.75 bits per heavy atom. The fourth-order valence-electron chi connectivity index (χ4n) is 1.39. The molecule has 0 aliphatic carbocycles. The normalized spacial score (nSPS) is 12.4. The number of hydrogen-bond acceptors (Lipinski definition) is 2. The topological polar surface area (TPSA) is 21.3 Å². The first-order valence-electron chi connectivity index (χ1n) is 5.77. The van der Waals surface area contributed by atoms with Crippen LogP contribution >= 0.6 is 11.6 Å². The maximum absolute atomic E-state index is 5.66. The lowest BCUT2D eigenvalue weighted by Crippen LogP contribution is -2.26. The molecule has 0 spiro atoms. The van der Waals surface area contributed by atoms with Gasteiger partial charge >= 0.3 is 0 Å². The molecule has 0 radical (unpaired) electrons. The highest BCUT2D eigenvalue weighted by atomic mass is 35.5. The van der Waals surface area contributed by atoms with E-state index >= 15 is 0 Å². The molecule has 0 amide bonds. The van der Waals surface area contributed by atoms with Gasteiger partial charge in [-0.3, -0.25) is 0 Å². The minimum Gasteiger partial charge on any atom is -0.492 e. The highest BCUT2D eigenvalue weighted by Gasteiger charge is 1.99. The second-order valence-corrected chi connectivity index (χ2v) is 4.33. The van der Waals surface area contributed by atoms with Crippen LogP contribution in [-0.2, 0) is 0 Å². The van der Waals surface area contributed by atoms with Crippen molar-refractivity contribution in [3.05, 3.63) is 30.3 Å². The Bertz CT molecular complexity index is 266. The van der Waals surface area contributed by atoms with Gasteiger partial charge in [0.1, 0.15) is 12.4 Å². The SMILES string of the molecule is CC(CCCl)CNCCOc1ccccc1. The molecule has 0 aliphatic heterocycles. The molecule has 1 aromatic carbocycles. The Morgan fingerprint density at radius 1 is 1.31 bits per heavy atom. The predicted octanol–water partition coefficient (Wildman–Crippen LogP) is 2.92. The highest BCUT2D eigenvalue weighted by Crippen LogP contribution is 2.07. The van der Waals surface area contributed by atoms with Crippen molar-refractivity contribution in [2.45, 2.75) is 13.3 Å². The largest absolute Gasteiger partial charge is 0.492 e. The first-order valence-corrected chi connectivity index (χ1v) is 6.31. The third-order valence-corrected chi connectivity index (χ3v) is 2.60. The van der Waals surface area contributed by atoms with Gasteiger partial charge in [0, 0.05) is 12.4 Å². The van der Waals surface area contributed by atoms with E-state index in [4.69, 9.17) is 16.3 Å². The summed E-state index contributed by atoms with van der Waals surface area (Å²) in [6, 6.07) is 9.88. The summed E-state index contributed by atoms with van der Waals surface area (Å²) >= 11 is 5.66. The monoisotopic (exact) mass is 241 g/mol. The summed E-state index contributed by atoms with van der Waals surface area (Å²) in [6.07, 6.45) is 1.06. The zero-order chi connectivity index (χ0) is 11.6. The summed E-state index contributed by atoms with van der Waals surface area (Å²) in [6.45, 7) is 4.79. The van der Waals surface area contributed by atoms with Crippen molar-refractivity contribution in [3.63, 3.8) is 0 Å². The number of para-hydroxylation sites is 1. The lowest BCUT2D eigenvalue weighted by Gasteiger charge is -2.11. The number of halogens is 1. The number of alkyl halides is 1. The van der Waals surface area contributed by atoms with Gasteiger partial charge in [0.2, 0.25) is 0 Å². The van der Waals surface area contributed by atoms with Crippen LogP contribution < -0.4 is 10.1 Å². The number of hydrogen-bond donors (Lipinski definition) is 1. The third kappa shape index (κ3) is 5.99. The van der Waals surface area contributed by atoms with E-state index in [2.05, 4.69) is 12.2 Å². The summed E-state index contributed by atoms with van der Waals surface area (Å²) in [4.78, 5) is 0. The lowest BCUT2D eigenvalue weighted by molar-refractivity contribution is 0.309. The minimum atomic E-state index is 0.634. The molecule has 0 bridgehead atoms. The zero-order valence-electron chi connectivity index (χ0n) is 9.79. The van der Waals surface area contributed by atoms with E-state index in [-0.39, 0.29) is 0 Å². The third-order valence-electron chi connectivity index (χ3n) is 2.39. The molecule has 1 N–H and O–H groups in total. The van der Waals surface area contributed by atoms with Crippen molar-refractivity contribution < 1.29 is 4.74 Å². The first kappa shape index (κ1) is 13.3. The average molecular weight is 242 g/mol. The van der Waals surface area contributed by atoms with Crippen LogP contribution in [-0.4, -0.2) is 25.6 Å². The smallest absolute Gasteiger partial charge is 0.119 e. The van der Waals surface area contributed by atoms with Crippen molar-refractivity contribution in [1.29, 1.82) is 0 Å². The first-order chi connectivity index (χ1) is 7.83. The van der Waals surface area contributed by atoms with Crippen LogP contribution in [0.5, 0.6) is 5.75 Å². The van der Waals surface area contributed by atoms with Crippen molar-refractivity contribution in [2.24, 2.45) is 5.92 Å². The minimum absolute atomic E-state index is 0.634. The van der Waals surface area contributed by atoms with Crippen LogP contribution in [0.3, 0.4) is 0 Å². The van der Waals surface area contributed by atoms with Crippen molar-refractivity contribution in [1.82, 2.24) is 5.32 Å². The standard InChI is InChI=1S/C13H20ClNO/c1-12(7-8-14)11-15-9-10-16-13-5-3-2-4-6-13/h2-6,12,15H,7-11H2,1H3. The van der Waals surface area contributed by atoms with Gasteiger partial charge in [-0.05, 0) is 31.0 Å². The lowest BCUT2D eigenvalue weighted by atomic mass is 10.1. The van der Waals surface area contributed by atoms with Crippen LogP contribution in [0.1, 0.15) is 13.3 Å². The van der Waals surface area contributed by atoms with Crippen LogP contribution in [0.2, 0.25) is 0 Å². The van der Waals surface area contributed by atoms with Crippen molar-refractivity contribution >= 4 is 11.6 Å². The van der Waals surface area contributed by atoms with E-state index < -0.39 is 0 Å². The number of benzene rings is 1. The quantitative estimate of drug-likeness (QED) is 0.558. The predicted molar refractivity (Wildman–Crippen MR) is 69.3 cm³/mol. The maximum atomic E-state index is 5.66. The molecule has 0 aromatic heterocycles. The highest BCUT2D eigenvalue weighted by molar-refractivity contribution is 6.17. The Labute approximate surface area is 103 Å². The molecule has 1 unspecified atom stereocenters. The molecule has 0 aliphatic rings. The number of rotatable bonds is 8. The summed E-state index contributed by atoms with van der Waals surface area (Å²) in [7, 11) is 0. The molecule has 0 heterocycles. The zero-order valence-corrected chi connectivity index (χ0v) is 10.5. The van der Waals surface area contributed by atoms with E-state index in [1.807, 2.05) is 30.3 Å². The number of ether oxygens (including phenoxy) is 1. The van der Waals surface area contributed by atoms with E-state index in [9.17, 15) is 0 Å². The summed E-state index contributed by atoms with van der Waals surface area (Å²) in [5.41, 5.74) is 0. The van der Waals surface area contributed by atoms with Crippen LogP contribution in [0.25, 0.3) is 0 Å². The van der Waals surface area contributed by atoms with Gasteiger partial charge in [-0.2, -0.15) is 0 Å². The van der Waals surface area contributed by atoms with Crippen LogP contribution in [0.4, 0.5) is 0 Å². The molecule has 16 heavy (non-hydrogen) atoms. The van der Waals surface area contributed by atoms with E-state index in [0.29, 0.717) is 12.5 Å². The van der Waals surface area contributed by atoms with E-state index in [0.717, 1.165) is 31.1 Å². The molecule has 0 saturated heterocycles. The molecule has 0 saturated carbocycles. The maximum Gasteiger partial charge on any atom is 0.119 e. The molecule has 2 nitrogen and oxygen atoms in total. The van der Waals surface area contributed by atoms with Gasteiger partial charge in [0.25, 0.3) is 0 Å². The second kappa shape index (κ2) is 8.43. The summed E-state index contributed by atoms with van der Waals surface area (Å²) in [5, 5.41) is 3.36. The molecule has 1 atom stereocenters. The summed E-state index contributed by atoms with van der Waals surface area (Å²) < 4.78 is 5.56. The van der Waals surface area contributed by atoms with Gasteiger partial charge in [-0.15, -0.1) is 11.6 Å². The Morgan fingerprint density at radius 2 is 2.06 bits per heavy atom. The number of nitrogens with one attached hydrogen (secondary N) is 1. The van der Waals surface area contributed by atoms with Crippen molar-refractivity contribution in [3.8, 4) is 5.75 Å². The molecular formula is C13H20ClNO. The second-order valence-electron chi connectivity index (χ2n) is 3.95. The molecular weight excluding hydrogens is 222 g/mol. The fraction of sp³-hybridized carbons (Fsp3) is 0.538. The van der Waals surface area contributed by atoms with Gasteiger partial charge in [0.05, 0.1) is 0 Å². The van der Waals surface area contributed by atoms with E-state index in [1.54, 1.807) is 0 Å². The van der Waals surface area contributed by atoms with Gasteiger partial charge in [-0.25, -0.2) is 0 Å². The van der Waals surface area contributed by atoms with E-state index in [1.165, 1.54) is 0 Å². The van der Waals surface area contributed by atoms with Gasteiger partial charge in [-0.1, -0.05) is 25.1 Å². The van der Waals surface area contributed by atoms with Crippen LogP contribution in [0.15, 0.2) is 30.3 Å². The molecule has 1 rings (SSSR count). The van der Waals surface area contributed by atoms with Crippen LogP contribution in [0, 0.1) is 5.92 Å². The summed E-state index contributed by atoms with van der Waals surface area (Å²) in [5.74, 6) is 2.30. The molecule has 0 fully saturated rings. The Balaban J connectivity index is 2.00. The van der Waals surface area contributed by atoms with Crippen molar-refractivity contribution in [2.75, 3.05) is 25.6 Å². The molecule has 1 aromatic rings. The van der Waals surface area contributed by atoms with Gasteiger partial charge < -0.3 is 10.1 Å². The Hall–Kier alpha value is -0.730. The fourth-order valence-corrected chi connectivity index (χ4v) is 1.77. The average Bonchev–Trinajstić information content (AvgIpc) is 2.30. The van der Waals surface area contributed by atoms with Gasteiger partial charge in [0.15, 0.2) is 0 Å². The molecule has 3 heteroatoms. The Kier molecular flexibility index (Phi) is 7.02.